The van der Waals surface area contributed by atoms with E-state index in [0.717, 1.165) is 5.56 Å². The van der Waals surface area contributed by atoms with Crippen molar-refractivity contribution in [1.82, 2.24) is 0 Å². The molecule has 0 atom stereocenters. The number of aliphatic hydroxyl groups excluding tert-OH is 2. The predicted octanol–water partition coefficient (Wildman–Crippen LogP) is 1.71. The molecule has 0 amide bonds. The number of rotatable bonds is 13. The highest BCUT2D eigenvalue weighted by Crippen LogP contribution is 2.35. The molecule has 0 heterocycles. The van der Waals surface area contributed by atoms with Gasteiger partial charge in [0.2, 0.25) is 0 Å². The summed E-state index contributed by atoms with van der Waals surface area (Å²) >= 11 is 0. The average molecular weight is 341 g/mol. The van der Waals surface area contributed by atoms with Gasteiger partial charge < -0.3 is 29.2 Å². The minimum Gasteiger partial charge on any atom is -0.491 e. The first-order chi connectivity index (χ1) is 11.7. The van der Waals surface area contributed by atoms with Crippen LogP contribution in [-0.2, 0) is 9.47 Å². The van der Waals surface area contributed by atoms with Gasteiger partial charge >= 0.3 is 0 Å². The molecule has 0 aromatic heterocycles. The molecule has 0 fully saturated rings. The van der Waals surface area contributed by atoms with Crippen molar-refractivity contribution in [2.75, 3.05) is 52.9 Å². The summed E-state index contributed by atoms with van der Waals surface area (Å²) in [4.78, 5) is 2.79. The highest BCUT2D eigenvalue weighted by atomic mass is 16.5. The number of aryl methyl sites for hydroxylation is 1. The van der Waals surface area contributed by atoms with Crippen LogP contribution in [0.3, 0.4) is 0 Å². The lowest BCUT2D eigenvalue weighted by atomic mass is 10.2. The van der Waals surface area contributed by atoms with E-state index in [1.165, 1.54) is 0 Å². The molecule has 0 bridgehead atoms. The quantitative estimate of drug-likeness (QED) is 0.243. The molecule has 2 N–H and O–H groups in total. The van der Waals surface area contributed by atoms with Gasteiger partial charge in [-0.3, -0.25) is 0 Å². The molecule has 0 aliphatic heterocycles. The molecule has 134 valence electrons. The van der Waals surface area contributed by atoms with Crippen molar-refractivity contribution in [1.29, 1.82) is 0 Å². The van der Waals surface area contributed by atoms with Crippen LogP contribution in [0.5, 0.6) is 11.5 Å². The molecule has 9 nitrogen and oxygen atoms in total. The number of hydrogen-bond donors (Lipinski definition) is 2. The average Bonchev–Trinajstić information content (AvgIpc) is 2.57. The van der Waals surface area contributed by atoms with E-state index in [4.69, 9.17) is 34.7 Å². The van der Waals surface area contributed by atoms with Crippen LogP contribution in [0, 0.1) is 6.92 Å². The van der Waals surface area contributed by atoms with Crippen LogP contribution in [-0.4, -0.2) is 63.1 Å². The SMILES string of the molecule is Cc1cc(N=[N+]=[N-])c(OCCOCCO)cc1OCCOCCO. The van der Waals surface area contributed by atoms with Gasteiger partial charge in [0.05, 0.1) is 45.3 Å². The molecule has 24 heavy (non-hydrogen) atoms. The number of benzene rings is 1. The summed E-state index contributed by atoms with van der Waals surface area (Å²) in [7, 11) is 0. The van der Waals surface area contributed by atoms with Crippen molar-refractivity contribution >= 4 is 5.69 Å². The zero-order valence-corrected chi connectivity index (χ0v) is 13.7. The molecule has 1 rings (SSSR count). The number of hydrogen-bond acceptors (Lipinski definition) is 7. The van der Waals surface area contributed by atoms with Gasteiger partial charge in [-0.2, -0.15) is 0 Å². The van der Waals surface area contributed by atoms with Crippen LogP contribution in [0.2, 0.25) is 0 Å². The largest absolute Gasteiger partial charge is 0.491 e. The Kier molecular flexibility index (Phi) is 10.3. The van der Waals surface area contributed by atoms with E-state index in [1.807, 2.05) is 6.92 Å². The summed E-state index contributed by atoms with van der Waals surface area (Å²) in [5, 5.41) is 20.9. The van der Waals surface area contributed by atoms with Gasteiger partial charge in [0.1, 0.15) is 24.7 Å². The first-order valence-electron chi connectivity index (χ1n) is 7.55. The fourth-order valence-electron chi connectivity index (χ4n) is 1.81. The van der Waals surface area contributed by atoms with Crippen LogP contribution >= 0.6 is 0 Å². The van der Waals surface area contributed by atoms with Crippen LogP contribution in [0.1, 0.15) is 5.56 Å². The molecule has 9 heteroatoms. The van der Waals surface area contributed by atoms with Gasteiger partial charge in [-0.05, 0) is 24.1 Å². The third-order valence-electron chi connectivity index (χ3n) is 2.85. The van der Waals surface area contributed by atoms with E-state index in [-0.39, 0.29) is 33.0 Å². The van der Waals surface area contributed by atoms with Crippen LogP contribution in [0.4, 0.5) is 5.69 Å². The van der Waals surface area contributed by atoms with Crippen molar-refractivity contribution in [2.24, 2.45) is 5.11 Å². The number of ether oxygens (including phenoxy) is 4. The Bertz CT molecular complexity index is 534. The maximum atomic E-state index is 8.65. The zero-order chi connectivity index (χ0) is 17.6. The van der Waals surface area contributed by atoms with Gasteiger partial charge in [-0.25, -0.2) is 0 Å². The van der Waals surface area contributed by atoms with Crippen LogP contribution in [0.25, 0.3) is 10.4 Å². The Morgan fingerprint density at radius 1 is 0.917 bits per heavy atom. The van der Waals surface area contributed by atoms with Gasteiger partial charge in [0.25, 0.3) is 0 Å². The lowest BCUT2D eigenvalue weighted by Gasteiger charge is -2.14. The van der Waals surface area contributed by atoms with Gasteiger partial charge in [-0.1, -0.05) is 5.11 Å². The van der Waals surface area contributed by atoms with E-state index in [9.17, 15) is 0 Å². The lowest BCUT2D eigenvalue weighted by Crippen LogP contribution is -2.11. The number of aliphatic hydroxyl groups is 2. The summed E-state index contributed by atoms with van der Waals surface area (Å²) in [6, 6.07) is 3.32. The second-order valence-corrected chi connectivity index (χ2v) is 4.64. The summed E-state index contributed by atoms with van der Waals surface area (Å²) in [5.41, 5.74) is 9.81. The molecular formula is C15H23N3O6. The van der Waals surface area contributed by atoms with Crippen molar-refractivity contribution in [3.8, 4) is 11.5 Å². The first-order valence-corrected chi connectivity index (χ1v) is 7.55. The summed E-state index contributed by atoms with van der Waals surface area (Å²) in [6.07, 6.45) is 0. The Balaban J connectivity index is 2.67. The normalized spacial score (nSPS) is 10.3. The Hall–Kier alpha value is -2.03. The molecule has 0 aliphatic rings. The Morgan fingerprint density at radius 3 is 2.04 bits per heavy atom. The molecule has 0 radical (unpaired) electrons. The first kappa shape index (κ1) is 20.0. The Labute approximate surface area is 140 Å². The maximum Gasteiger partial charge on any atom is 0.132 e. The second kappa shape index (κ2) is 12.4. The van der Waals surface area contributed by atoms with Crippen molar-refractivity contribution in [3.05, 3.63) is 28.1 Å². The topological polar surface area (TPSA) is 126 Å². The summed E-state index contributed by atoms with van der Waals surface area (Å²) in [5.74, 6) is 0.975. The van der Waals surface area contributed by atoms with Crippen LogP contribution < -0.4 is 9.47 Å². The molecule has 0 saturated carbocycles. The predicted molar refractivity (Wildman–Crippen MR) is 86.8 cm³/mol. The van der Waals surface area contributed by atoms with E-state index >= 15 is 0 Å². The van der Waals surface area contributed by atoms with Crippen molar-refractivity contribution in [3.63, 3.8) is 0 Å². The van der Waals surface area contributed by atoms with Crippen LogP contribution in [0.15, 0.2) is 17.2 Å². The van der Waals surface area contributed by atoms with Gasteiger partial charge in [-0.15, -0.1) is 0 Å². The maximum absolute atomic E-state index is 8.65. The fraction of sp³-hybridized carbons (Fsp3) is 0.600. The molecule has 0 saturated heterocycles. The standard InChI is InChI=1S/C15H23N3O6/c1-12-10-13(17-18-16)15(24-9-7-22-5-3-20)11-14(12)23-8-6-21-4-2-19/h10-11,19-20H,2-9H2,1H3. The number of nitrogens with zero attached hydrogens (tertiary/aromatic N) is 3. The third-order valence-corrected chi connectivity index (χ3v) is 2.85. The molecule has 1 aromatic carbocycles. The Morgan fingerprint density at radius 2 is 1.50 bits per heavy atom. The summed E-state index contributed by atoms with van der Waals surface area (Å²) in [6.45, 7) is 3.47. The van der Waals surface area contributed by atoms with Gasteiger partial charge in [0, 0.05) is 11.0 Å². The highest BCUT2D eigenvalue weighted by molar-refractivity contribution is 5.58. The highest BCUT2D eigenvalue weighted by Gasteiger charge is 2.09. The van der Waals surface area contributed by atoms with E-state index in [2.05, 4.69) is 10.0 Å². The number of azide groups is 1. The van der Waals surface area contributed by atoms with Crippen molar-refractivity contribution < 1.29 is 29.2 Å². The third kappa shape index (κ3) is 7.49. The summed E-state index contributed by atoms with van der Waals surface area (Å²) < 4.78 is 21.4. The molecular weight excluding hydrogens is 318 g/mol. The van der Waals surface area contributed by atoms with Crippen molar-refractivity contribution in [2.45, 2.75) is 6.92 Å². The van der Waals surface area contributed by atoms with E-state index in [0.29, 0.717) is 37.0 Å². The molecule has 0 aliphatic carbocycles. The lowest BCUT2D eigenvalue weighted by molar-refractivity contribution is 0.0689. The second-order valence-electron chi connectivity index (χ2n) is 4.64. The molecule has 0 unspecified atom stereocenters. The van der Waals surface area contributed by atoms with Gasteiger partial charge in [0.15, 0.2) is 0 Å². The van der Waals surface area contributed by atoms with E-state index < -0.39 is 0 Å². The monoisotopic (exact) mass is 341 g/mol. The minimum atomic E-state index is -0.0507. The smallest absolute Gasteiger partial charge is 0.132 e. The fourth-order valence-corrected chi connectivity index (χ4v) is 1.81. The molecule has 0 spiro atoms. The minimum absolute atomic E-state index is 0.0315. The molecule has 1 aromatic rings. The van der Waals surface area contributed by atoms with E-state index in [1.54, 1.807) is 12.1 Å². The zero-order valence-electron chi connectivity index (χ0n) is 13.7.